The molecule has 1 heterocycles. The first-order valence-corrected chi connectivity index (χ1v) is 9.24. The standard InChI is InChI=1S/C10H16O5.C4H9NO4S/c1-6-10(15-8(3)12)4-9(5-13-6)14-7(2)11;6-4-5-2-1-3-10(7,8)9/h6,9-10H,4-5H2,1-3H3;4H,1-3H2,(H,5,6)(H,7,8,9). The van der Waals surface area contributed by atoms with Gasteiger partial charge in [-0.05, 0) is 13.3 Å². The van der Waals surface area contributed by atoms with Gasteiger partial charge in [0.1, 0.15) is 12.2 Å². The summed E-state index contributed by atoms with van der Waals surface area (Å²) >= 11 is 0. The highest BCUT2D eigenvalue weighted by atomic mass is 32.2. The van der Waals surface area contributed by atoms with Gasteiger partial charge in [-0.25, -0.2) is 0 Å². The summed E-state index contributed by atoms with van der Waals surface area (Å²) in [7, 11) is -3.86. The highest BCUT2D eigenvalue weighted by Gasteiger charge is 2.32. The molecule has 1 saturated heterocycles. The lowest BCUT2D eigenvalue weighted by molar-refractivity contribution is -0.179. The van der Waals surface area contributed by atoms with Crippen LogP contribution in [0.4, 0.5) is 0 Å². The third-order valence-electron chi connectivity index (χ3n) is 3.02. The smallest absolute Gasteiger partial charge is 0.302 e. The lowest BCUT2D eigenvalue weighted by Gasteiger charge is -2.33. The number of ether oxygens (including phenoxy) is 3. The Morgan fingerprint density at radius 2 is 1.88 bits per heavy atom. The molecular weight excluding hydrogens is 358 g/mol. The molecule has 146 valence electrons. The molecule has 0 aromatic rings. The molecule has 10 nitrogen and oxygen atoms in total. The van der Waals surface area contributed by atoms with Crippen LogP contribution in [0.15, 0.2) is 0 Å². The van der Waals surface area contributed by atoms with Gasteiger partial charge in [0.15, 0.2) is 0 Å². The fourth-order valence-corrected chi connectivity index (χ4v) is 2.48. The van der Waals surface area contributed by atoms with E-state index in [2.05, 4.69) is 5.32 Å². The Morgan fingerprint density at radius 1 is 1.28 bits per heavy atom. The lowest BCUT2D eigenvalue weighted by atomic mass is 10.0. The van der Waals surface area contributed by atoms with Gasteiger partial charge < -0.3 is 19.5 Å². The van der Waals surface area contributed by atoms with E-state index < -0.39 is 10.1 Å². The summed E-state index contributed by atoms with van der Waals surface area (Å²) in [5.74, 6) is -1.01. The maximum absolute atomic E-state index is 10.8. The Hall–Kier alpha value is -1.72. The molecule has 3 atom stereocenters. The van der Waals surface area contributed by atoms with Crippen LogP contribution < -0.4 is 5.32 Å². The first kappa shape index (κ1) is 23.3. The Balaban J connectivity index is 0.000000504. The van der Waals surface area contributed by atoms with Crippen LogP contribution in [-0.2, 0) is 38.7 Å². The largest absolute Gasteiger partial charge is 0.460 e. The molecule has 1 amide bonds. The SMILES string of the molecule is CC(=O)OC1COC(C)C(OC(C)=O)C1.O=CNCCCS(=O)(=O)O. The van der Waals surface area contributed by atoms with Crippen molar-refractivity contribution in [1.82, 2.24) is 5.32 Å². The quantitative estimate of drug-likeness (QED) is 0.261. The van der Waals surface area contributed by atoms with Gasteiger partial charge in [0, 0.05) is 26.8 Å². The number of hydrogen-bond acceptors (Lipinski definition) is 8. The molecule has 1 rings (SSSR count). The van der Waals surface area contributed by atoms with Crippen LogP contribution in [0.25, 0.3) is 0 Å². The van der Waals surface area contributed by atoms with Gasteiger partial charge in [-0.15, -0.1) is 0 Å². The molecule has 11 heteroatoms. The average molecular weight is 383 g/mol. The molecule has 0 aliphatic carbocycles. The summed E-state index contributed by atoms with van der Waals surface area (Å²) in [5.41, 5.74) is 0. The maximum Gasteiger partial charge on any atom is 0.302 e. The third kappa shape index (κ3) is 13.3. The average Bonchev–Trinajstić information content (AvgIpc) is 2.46. The normalized spacial score (nSPS) is 22.8. The lowest BCUT2D eigenvalue weighted by Crippen LogP contribution is -2.43. The van der Waals surface area contributed by atoms with E-state index in [1.807, 2.05) is 6.92 Å². The van der Waals surface area contributed by atoms with Gasteiger partial charge in [0.25, 0.3) is 10.1 Å². The summed E-state index contributed by atoms with van der Waals surface area (Å²) in [6, 6.07) is 0. The van der Waals surface area contributed by atoms with Crippen LogP contribution >= 0.6 is 0 Å². The van der Waals surface area contributed by atoms with Gasteiger partial charge in [-0.1, -0.05) is 0 Å². The molecule has 0 radical (unpaired) electrons. The predicted molar refractivity (Wildman–Crippen MR) is 86.2 cm³/mol. The number of rotatable bonds is 7. The number of nitrogens with one attached hydrogen (secondary N) is 1. The molecule has 0 bridgehead atoms. The van der Waals surface area contributed by atoms with E-state index in [1.165, 1.54) is 13.8 Å². The molecule has 1 aliphatic heterocycles. The van der Waals surface area contributed by atoms with Crippen molar-refractivity contribution in [2.75, 3.05) is 18.9 Å². The second-order valence-corrected chi connectivity index (χ2v) is 6.94. The molecule has 2 N–H and O–H groups in total. The Kier molecular flexibility index (Phi) is 11.0. The van der Waals surface area contributed by atoms with Gasteiger partial charge in [0.05, 0.1) is 18.5 Å². The van der Waals surface area contributed by atoms with Crippen molar-refractivity contribution in [3.05, 3.63) is 0 Å². The van der Waals surface area contributed by atoms with Crippen molar-refractivity contribution in [3.8, 4) is 0 Å². The maximum atomic E-state index is 10.8. The minimum absolute atomic E-state index is 0.152. The molecule has 25 heavy (non-hydrogen) atoms. The monoisotopic (exact) mass is 383 g/mol. The molecule has 3 unspecified atom stereocenters. The second kappa shape index (κ2) is 11.8. The molecule has 0 aromatic heterocycles. The summed E-state index contributed by atoms with van der Waals surface area (Å²) in [5, 5.41) is 2.26. The minimum Gasteiger partial charge on any atom is -0.460 e. The molecule has 1 fully saturated rings. The Morgan fingerprint density at radius 3 is 2.36 bits per heavy atom. The molecule has 0 spiro atoms. The number of carbonyl (C=O) groups excluding carboxylic acids is 3. The van der Waals surface area contributed by atoms with Crippen LogP contribution in [0, 0.1) is 0 Å². The summed E-state index contributed by atoms with van der Waals surface area (Å²) in [4.78, 5) is 31.1. The number of esters is 2. The molecular formula is C14H25NO9S. The van der Waals surface area contributed by atoms with Gasteiger partial charge >= 0.3 is 11.9 Å². The Labute approximate surface area is 146 Å². The summed E-state index contributed by atoms with van der Waals surface area (Å²) < 4.78 is 43.6. The van der Waals surface area contributed by atoms with E-state index in [0.29, 0.717) is 19.4 Å². The fraction of sp³-hybridized carbons (Fsp3) is 0.786. The van der Waals surface area contributed by atoms with Crippen LogP contribution in [0.3, 0.4) is 0 Å². The zero-order chi connectivity index (χ0) is 19.5. The van der Waals surface area contributed by atoms with Crippen molar-refractivity contribution in [2.24, 2.45) is 0 Å². The molecule has 0 aromatic carbocycles. The topological polar surface area (TPSA) is 145 Å². The number of hydrogen-bond donors (Lipinski definition) is 2. The van der Waals surface area contributed by atoms with E-state index in [9.17, 15) is 22.8 Å². The van der Waals surface area contributed by atoms with E-state index in [1.54, 1.807) is 0 Å². The minimum atomic E-state index is -3.86. The van der Waals surface area contributed by atoms with Crippen LogP contribution in [-0.4, -0.2) is 68.5 Å². The highest BCUT2D eigenvalue weighted by Crippen LogP contribution is 2.19. The van der Waals surface area contributed by atoms with Crippen molar-refractivity contribution in [3.63, 3.8) is 0 Å². The van der Waals surface area contributed by atoms with Crippen LogP contribution in [0.5, 0.6) is 0 Å². The van der Waals surface area contributed by atoms with Crippen molar-refractivity contribution < 1.29 is 41.6 Å². The van der Waals surface area contributed by atoms with Crippen molar-refractivity contribution in [2.45, 2.75) is 51.9 Å². The highest BCUT2D eigenvalue weighted by molar-refractivity contribution is 7.85. The zero-order valence-corrected chi connectivity index (χ0v) is 15.3. The van der Waals surface area contributed by atoms with Gasteiger partial charge in [0.2, 0.25) is 6.41 Å². The fourth-order valence-electron chi connectivity index (χ4n) is 1.97. The summed E-state index contributed by atoms with van der Waals surface area (Å²) in [6.45, 7) is 5.15. The zero-order valence-electron chi connectivity index (χ0n) is 14.5. The first-order chi connectivity index (χ1) is 11.5. The van der Waals surface area contributed by atoms with E-state index in [4.69, 9.17) is 18.8 Å². The van der Waals surface area contributed by atoms with Crippen molar-refractivity contribution >= 4 is 28.5 Å². The van der Waals surface area contributed by atoms with E-state index in [0.717, 1.165) is 0 Å². The number of carbonyl (C=O) groups is 3. The van der Waals surface area contributed by atoms with Crippen molar-refractivity contribution in [1.29, 1.82) is 0 Å². The van der Waals surface area contributed by atoms with Crippen LogP contribution in [0.2, 0.25) is 0 Å². The number of amides is 1. The molecule has 1 aliphatic rings. The van der Waals surface area contributed by atoms with E-state index in [-0.39, 0.29) is 49.0 Å². The van der Waals surface area contributed by atoms with Crippen LogP contribution in [0.1, 0.15) is 33.6 Å². The third-order valence-corrected chi connectivity index (χ3v) is 3.83. The summed E-state index contributed by atoms with van der Waals surface area (Å²) in [6.07, 6.45) is 0.409. The van der Waals surface area contributed by atoms with Gasteiger partial charge in [-0.3, -0.25) is 18.9 Å². The first-order valence-electron chi connectivity index (χ1n) is 7.63. The predicted octanol–water partition coefficient (Wildman–Crippen LogP) is -0.331. The van der Waals surface area contributed by atoms with E-state index >= 15 is 0 Å². The molecule has 0 saturated carbocycles. The Bertz CT molecular complexity index is 534. The second-order valence-electron chi connectivity index (χ2n) is 5.37. The van der Waals surface area contributed by atoms with Gasteiger partial charge in [-0.2, -0.15) is 8.42 Å².